The predicted octanol–water partition coefficient (Wildman–Crippen LogP) is 1.76. The van der Waals surface area contributed by atoms with Gasteiger partial charge in [-0.3, -0.25) is 4.79 Å². The maximum absolute atomic E-state index is 11.9. The molecule has 3 heteroatoms. The van der Waals surface area contributed by atoms with E-state index in [1.807, 2.05) is 4.90 Å². The van der Waals surface area contributed by atoms with Crippen molar-refractivity contribution in [2.75, 3.05) is 13.1 Å². The summed E-state index contributed by atoms with van der Waals surface area (Å²) in [5.74, 6) is 0.911. The second-order valence-electron chi connectivity index (χ2n) is 4.89. The SMILES string of the molecule is CC(C)CCC(=O)N(CCN)C1CCC1. The number of carbonyl (C=O) groups is 1. The van der Waals surface area contributed by atoms with Crippen molar-refractivity contribution in [3.63, 3.8) is 0 Å². The van der Waals surface area contributed by atoms with Crippen LogP contribution in [0, 0.1) is 5.92 Å². The van der Waals surface area contributed by atoms with E-state index >= 15 is 0 Å². The first-order chi connectivity index (χ1) is 7.15. The summed E-state index contributed by atoms with van der Waals surface area (Å²) in [5.41, 5.74) is 5.55. The minimum Gasteiger partial charge on any atom is -0.338 e. The van der Waals surface area contributed by atoms with Gasteiger partial charge in [0.2, 0.25) is 5.91 Å². The molecule has 0 aromatic carbocycles. The highest BCUT2D eigenvalue weighted by Crippen LogP contribution is 2.25. The summed E-state index contributed by atoms with van der Waals surface area (Å²) in [4.78, 5) is 13.9. The van der Waals surface area contributed by atoms with Gasteiger partial charge >= 0.3 is 0 Å². The molecule has 1 saturated carbocycles. The van der Waals surface area contributed by atoms with Gasteiger partial charge < -0.3 is 10.6 Å². The first-order valence-electron chi connectivity index (χ1n) is 6.14. The fourth-order valence-electron chi connectivity index (χ4n) is 1.90. The van der Waals surface area contributed by atoms with E-state index in [9.17, 15) is 4.79 Å². The van der Waals surface area contributed by atoms with Crippen molar-refractivity contribution in [1.82, 2.24) is 4.90 Å². The molecule has 1 fully saturated rings. The molecule has 0 heterocycles. The van der Waals surface area contributed by atoms with Crippen LogP contribution in [0.1, 0.15) is 46.0 Å². The van der Waals surface area contributed by atoms with Crippen molar-refractivity contribution < 1.29 is 4.79 Å². The smallest absolute Gasteiger partial charge is 0.222 e. The number of hydrogen-bond donors (Lipinski definition) is 1. The second-order valence-corrected chi connectivity index (χ2v) is 4.89. The van der Waals surface area contributed by atoms with Gasteiger partial charge in [-0.15, -0.1) is 0 Å². The fraction of sp³-hybridized carbons (Fsp3) is 0.917. The van der Waals surface area contributed by atoms with Gasteiger partial charge in [0.15, 0.2) is 0 Å². The van der Waals surface area contributed by atoms with Crippen molar-refractivity contribution in [2.24, 2.45) is 11.7 Å². The molecule has 1 amide bonds. The summed E-state index contributed by atoms with van der Waals surface area (Å²) in [5, 5.41) is 0. The number of rotatable bonds is 6. The highest BCUT2D eigenvalue weighted by atomic mass is 16.2. The summed E-state index contributed by atoms with van der Waals surface area (Å²) >= 11 is 0. The van der Waals surface area contributed by atoms with Gasteiger partial charge in [-0.2, -0.15) is 0 Å². The van der Waals surface area contributed by atoms with Crippen LogP contribution in [0.5, 0.6) is 0 Å². The Hall–Kier alpha value is -0.570. The molecule has 0 aromatic heterocycles. The lowest BCUT2D eigenvalue weighted by molar-refractivity contribution is -0.135. The standard InChI is InChI=1S/C12H24N2O/c1-10(2)6-7-12(15)14(9-8-13)11-4-3-5-11/h10-11H,3-9,13H2,1-2H3. The molecule has 3 nitrogen and oxygen atoms in total. The molecule has 1 aliphatic carbocycles. The molecule has 1 aliphatic rings. The molecule has 0 saturated heterocycles. The highest BCUT2D eigenvalue weighted by molar-refractivity contribution is 5.76. The summed E-state index contributed by atoms with van der Waals surface area (Å²) in [6.45, 7) is 5.64. The molecule has 15 heavy (non-hydrogen) atoms. The Morgan fingerprint density at radius 1 is 1.47 bits per heavy atom. The van der Waals surface area contributed by atoms with Crippen LogP contribution in [-0.4, -0.2) is 29.9 Å². The van der Waals surface area contributed by atoms with Crippen LogP contribution in [0.15, 0.2) is 0 Å². The zero-order chi connectivity index (χ0) is 11.3. The number of nitrogens with zero attached hydrogens (tertiary/aromatic N) is 1. The number of hydrogen-bond acceptors (Lipinski definition) is 2. The molecular formula is C12H24N2O. The molecule has 0 unspecified atom stereocenters. The van der Waals surface area contributed by atoms with Crippen molar-refractivity contribution in [2.45, 2.75) is 52.0 Å². The van der Waals surface area contributed by atoms with Crippen molar-refractivity contribution in [3.8, 4) is 0 Å². The second kappa shape index (κ2) is 6.11. The van der Waals surface area contributed by atoms with Crippen LogP contribution in [0.3, 0.4) is 0 Å². The van der Waals surface area contributed by atoms with Crippen LogP contribution in [0.2, 0.25) is 0 Å². The van der Waals surface area contributed by atoms with Crippen LogP contribution < -0.4 is 5.73 Å². The topological polar surface area (TPSA) is 46.3 Å². The third kappa shape index (κ3) is 3.82. The molecule has 2 N–H and O–H groups in total. The predicted molar refractivity (Wildman–Crippen MR) is 62.5 cm³/mol. The van der Waals surface area contributed by atoms with E-state index in [1.165, 1.54) is 19.3 Å². The molecule has 0 atom stereocenters. The first-order valence-corrected chi connectivity index (χ1v) is 6.14. The first kappa shape index (κ1) is 12.5. The number of carbonyl (C=O) groups excluding carboxylic acids is 1. The summed E-state index contributed by atoms with van der Waals surface area (Å²) < 4.78 is 0. The lowest BCUT2D eigenvalue weighted by Crippen LogP contribution is -2.46. The van der Waals surface area contributed by atoms with Gasteiger partial charge in [0, 0.05) is 25.6 Å². The van der Waals surface area contributed by atoms with Gasteiger partial charge in [0.1, 0.15) is 0 Å². The third-order valence-electron chi connectivity index (χ3n) is 3.14. The van der Waals surface area contributed by atoms with Crippen molar-refractivity contribution in [3.05, 3.63) is 0 Å². The Kier molecular flexibility index (Phi) is 5.09. The van der Waals surface area contributed by atoms with Gasteiger partial charge in [-0.25, -0.2) is 0 Å². The van der Waals surface area contributed by atoms with Gasteiger partial charge in [0.25, 0.3) is 0 Å². The largest absolute Gasteiger partial charge is 0.338 e. The third-order valence-corrected chi connectivity index (χ3v) is 3.14. The fourth-order valence-corrected chi connectivity index (χ4v) is 1.90. The molecule has 0 aliphatic heterocycles. The van der Waals surface area contributed by atoms with E-state index < -0.39 is 0 Å². The lowest BCUT2D eigenvalue weighted by Gasteiger charge is -2.37. The average Bonchev–Trinajstić information content (AvgIpc) is 2.10. The Morgan fingerprint density at radius 3 is 2.53 bits per heavy atom. The molecule has 1 rings (SSSR count). The van der Waals surface area contributed by atoms with Crippen molar-refractivity contribution >= 4 is 5.91 Å². The summed E-state index contributed by atoms with van der Waals surface area (Å²) in [6.07, 6.45) is 5.30. The number of amides is 1. The molecule has 0 aromatic rings. The molecule has 0 radical (unpaired) electrons. The van der Waals surface area contributed by atoms with E-state index in [0.717, 1.165) is 13.0 Å². The maximum atomic E-state index is 11.9. The lowest BCUT2D eigenvalue weighted by atomic mass is 9.91. The van der Waals surface area contributed by atoms with Gasteiger partial charge in [0.05, 0.1) is 0 Å². The Labute approximate surface area is 93.0 Å². The average molecular weight is 212 g/mol. The normalized spacial score (nSPS) is 16.5. The maximum Gasteiger partial charge on any atom is 0.222 e. The Balaban J connectivity index is 2.36. The Bertz CT molecular complexity index is 200. The Morgan fingerprint density at radius 2 is 2.13 bits per heavy atom. The van der Waals surface area contributed by atoms with Crippen LogP contribution in [0.4, 0.5) is 0 Å². The highest BCUT2D eigenvalue weighted by Gasteiger charge is 2.27. The molecule has 88 valence electrons. The van der Waals surface area contributed by atoms with Gasteiger partial charge in [-0.05, 0) is 31.6 Å². The van der Waals surface area contributed by atoms with Crippen LogP contribution >= 0.6 is 0 Å². The van der Waals surface area contributed by atoms with E-state index in [-0.39, 0.29) is 0 Å². The molecular weight excluding hydrogens is 188 g/mol. The molecule has 0 bridgehead atoms. The monoisotopic (exact) mass is 212 g/mol. The zero-order valence-corrected chi connectivity index (χ0v) is 10.0. The minimum atomic E-state index is 0.304. The van der Waals surface area contributed by atoms with Crippen LogP contribution in [0.25, 0.3) is 0 Å². The van der Waals surface area contributed by atoms with E-state index in [4.69, 9.17) is 5.73 Å². The summed E-state index contributed by atoms with van der Waals surface area (Å²) in [6, 6.07) is 0.494. The van der Waals surface area contributed by atoms with Crippen LogP contribution in [-0.2, 0) is 4.79 Å². The quantitative estimate of drug-likeness (QED) is 0.729. The zero-order valence-electron chi connectivity index (χ0n) is 10.0. The van der Waals surface area contributed by atoms with E-state index in [1.54, 1.807) is 0 Å². The van der Waals surface area contributed by atoms with E-state index in [2.05, 4.69) is 13.8 Å². The summed E-state index contributed by atoms with van der Waals surface area (Å²) in [7, 11) is 0. The minimum absolute atomic E-state index is 0.304. The molecule has 0 spiro atoms. The van der Waals surface area contributed by atoms with E-state index in [0.29, 0.717) is 30.8 Å². The van der Waals surface area contributed by atoms with Gasteiger partial charge in [-0.1, -0.05) is 13.8 Å². The van der Waals surface area contributed by atoms with Crippen molar-refractivity contribution in [1.29, 1.82) is 0 Å². The number of nitrogens with two attached hydrogens (primary N) is 1.